The molecule has 2 aromatic rings. The number of aryl methyl sites for hydroxylation is 1. The van der Waals surface area contributed by atoms with Crippen LogP contribution >= 0.6 is 27.3 Å². The minimum Gasteiger partial charge on any atom is -0.508 e. The van der Waals surface area contributed by atoms with Gasteiger partial charge in [-0.2, -0.15) is 0 Å². The molecule has 0 aliphatic heterocycles. The first kappa shape index (κ1) is 15.1. The molecule has 0 saturated heterocycles. The molecule has 0 aliphatic carbocycles. The lowest BCUT2D eigenvalue weighted by molar-refractivity contribution is 0.0939. The third-order valence-corrected chi connectivity index (χ3v) is 4.51. The zero-order valence-corrected chi connectivity index (χ0v) is 13.5. The lowest BCUT2D eigenvalue weighted by Crippen LogP contribution is -2.32. The third kappa shape index (κ3) is 4.35. The van der Waals surface area contributed by atoms with E-state index in [1.165, 1.54) is 11.3 Å². The largest absolute Gasteiger partial charge is 0.508 e. The summed E-state index contributed by atoms with van der Waals surface area (Å²) < 4.78 is 0.958. The number of phenols is 1. The van der Waals surface area contributed by atoms with Gasteiger partial charge in [0.25, 0.3) is 5.91 Å². The maximum Gasteiger partial charge on any atom is 0.252 e. The molecule has 0 spiro atoms. The van der Waals surface area contributed by atoms with Crippen LogP contribution in [0.2, 0.25) is 0 Å². The molecule has 20 heavy (non-hydrogen) atoms. The number of benzene rings is 1. The normalized spacial score (nSPS) is 12.1. The molecule has 1 heterocycles. The van der Waals surface area contributed by atoms with Crippen molar-refractivity contribution in [2.45, 2.75) is 25.8 Å². The van der Waals surface area contributed by atoms with E-state index in [-0.39, 0.29) is 17.7 Å². The van der Waals surface area contributed by atoms with Crippen LogP contribution in [0.4, 0.5) is 0 Å². The summed E-state index contributed by atoms with van der Waals surface area (Å²) in [6.45, 7) is 2.00. The number of rotatable bonds is 5. The van der Waals surface area contributed by atoms with E-state index in [9.17, 15) is 9.90 Å². The molecule has 1 aromatic heterocycles. The van der Waals surface area contributed by atoms with Crippen LogP contribution in [0.25, 0.3) is 0 Å². The Labute approximate surface area is 130 Å². The Morgan fingerprint density at radius 3 is 2.70 bits per heavy atom. The second-order valence-corrected chi connectivity index (χ2v) is 7.01. The second kappa shape index (κ2) is 6.90. The van der Waals surface area contributed by atoms with Gasteiger partial charge in [-0.05, 0) is 59.5 Å². The van der Waals surface area contributed by atoms with Gasteiger partial charge in [0.1, 0.15) is 5.75 Å². The van der Waals surface area contributed by atoms with Crippen LogP contribution in [0.3, 0.4) is 0 Å². The summed E-state index contributed by atoms with van der Waals surface area (Å²) >= 11 is 4.86. The topological polar surface area (TPSA) is 49.3 Å². The Kier molecular flexibility index (Phi) is 5.20. The van der Waals surface area contributed by atoms with Crippen LogP contribution in [-0.4, -0.2) is 17.1 Å². The molecule has 2 N–H and O–H groups in total. The van der Waals surface area contributed by atoms with E-state index < -0.39 is 0 Å². The zero-order chi connectivity index (χ0) is 14.5. The first-order chi connectivity index (χ1) is 9.54. The van der Waals surface area contributed by atoms with Crippen molar-refractivity contribution in [3.63, 3.8) is 0 Å². The molecule has 1 amide bonds. The highest BCUT2D eigenvalue weighted by Gasteiger charge is 2.11. The van der Waals surface area contributed by atoms with E-state index >= 15 is 0 Å². The molecule has 3 nitrogen and oxygen atoms in total. The molecular weight excluding hydrogens is 338 g/mol. The second-order valence-electron chi connectivity index (χ2n) is 4.72. The molecule has 0 saturated carbocycles. The molecule has 5 heteroatoms. The SMILES string of the molecule is CC(CCc1ccc(O)cc1)NC(=O)c1csc(Br)c1. The summed E-state index contributed by atoms with van der Waals surface area (Å²) in [6, 6.07) is 9.10. The Balaban J connectivity index is 1.82. The summed E-state index contributed by atoms with van der Waals surface area (Å²) in [5.41, 5.74) is 1.85. The van der Waals surface area contributed by atoms with Crippen molar-refractivity contribution in [1.29, 1.82) is 0 Å². The van der Waals surface area contributed by atoms with Crippen LogP contribution in [0.5, 0.6) is 5.75 Å². The highest BCUT2D eigenvalue weighted by molar-refractivity contribution is 9.11. The third-order valence-electron chi connectivity index (χ3n) is 3.01. The number of carbonyl (C=O) groups excluding carboxylic acids is 1. The van der Waals surface area contributed by atoms with Gasteiger partial charge in [0.15, 0.2) is 0 Å². The van der Waals surface area contributed by atoms with Gasteiger partial charge in [0, 0.05) is 11.4 Å². The molecule has 1 unspecified atom stereocenters. The molecule has 0 bridgehead atoms. The number of hydrogen-bond donors (Lipinski definition) is 2. The fourth-order valence-corrected chi connectivity index (χ4v) is 2.99. The van der Waals surface area contributed by atoms with E-state index in [4.69, 9.17) is 0 Å². The van der Waals surface area contributed by atoms with Crippen molar-refractivity contribution in [1.82, 2.24) is 5.32 Å². The Hall–Kier alpha value is -1.33. The van der Waals surface area contributed by atoms with Crippen molar-refractivity contribution in [3.8, 4) is 5.75 Å². The van der Waals surface area contributed by atoms with Gasteiger partial charge in [0.2, 0.25) is 0 Å². The number of phenolic OH excluding ortho intramolecular Hbond substituents is 1. The molecule has 1 aromatic carbocycles. The Morgan fingerprint density at radius 2 is 2.10 bits per heavy atom. The summed E-state index contributed by atoms with van der Waals surface area (Å²) in [7, 11) is 0. The first-order valence-corrected chi connectivity index (χ1v) is 8.04. The average Bonchev–Trinajstić information content (AvgIpc) is 2.85. The van der Waals surface area contributed by atoms with Crippen LogP contribution < -0.4 is 5.32 Å². The maximum absolute atomic E-state index is 12.0. The summed E-state index contributed by atoms with van der Waals surface area (Å²) in [4.78, 5) is 12.0. The number of aromatic hydroxyl groups is 1. The van der Waals surface area contributed by atoms with E-state index in [1.54, 1.807) is 12.1 Å². The van der Waals surface area contributed by atoms with Crippen LogP contribution in [0, 0.1) is 0 Å². The summed E-state index contributed by atoms with van der Waals surface area (Å²) in [5.74, 6) is 0.239. The van der Waals surface area contributed by atoms with Gasteiger partial charge in [-0.1, -0.05) is 12.1 Å². The van der Waals surface area contributed by atoms with Gasteiger partial charge in [-0.3, -0.25) is 4.79 Å². The number of carbonyl (C=O) groups is 1. The monoisotopic (exact) mass is 353 g/mol. The molecule has 0 radical (unpaired) electrons. The summed E-state index contributed by atoms with van der Waals surface area (Å²) in [5, 5.41) is 14.0. The van der Waals surface area contributed by atoms with E-state index in [0.717, 1.165) is 22.2 Å². The predicted molar refractivity (Wildman–Crippen MR) is 85.4 cm³/mol. The van der Waals surface area contributed by atoms with Gasteiger partial charge in [0.05, 0.1) is 9.35 Å². The van der Waals surface area contributed by atoms with E-state index in [0.29, 0.717) is 5.56 Å². The predicted octanol–water partition coefficient (Wildman–Crippen LogP) is 3.97. The zero-order valence-electron chi connectivity index (χ0n) is 11.1. The number of thiophene rings is 1. The van der Waals surface area contributed by atoms with Crippen LogP contribution in [0.1, 0.15) is 29.3 Å². The molecule has 2 rings (SSSR count). The van der Waals surface area contributed by atoms with Crippen molar-refractivity contribution in [3.05, 3.63) is 50.6 Å². The quantitative estimate of drug-likeness (QED) is 0.854. The molecular formula is C15H16BrNO2S. The molecule has 0 fully saturated rings. The van der Waals surface area contributed by atoms with Crippen molar-refractivity contribution in [2.24, 2.45) is 0 Å². The van der Waals surface area contributed by atoms with Crippen molar-refractivity contribution < 1.29 is 9.90 Å². The van der Waals surface area contributed by atoms with Crippen molar-refractivity contribution in [2.75, 3.05) is 0 Å². The fraction of sp³-hybridized carbons (Fsp3) is 0.267. The van der Waals surface area contributed by atoms with Crippen molar-refractivity contribution >= 4 is 33.2 Å². The van der Waals surface area contributed by atoms with E-state index in [1.807, 2.05) is 30.5 Å². The standard InChI is InChI=1S/C15H16BrNO2S/c1-10(2-3-11-4-6-13(18)7-5-11)17-15(19)12-8-14(16)20-9-12/h4-10,18H,2-3H2,1H3,(H,17,19). The molecule has 106 valence electrons. The highest BCUT2D eigenvalue weighted by Crippen LogP contribution is 2.20. The summed E-state index contributed by atoms with van der Waals surface area (Å²) in [6.07, 6.45) is 1.73. The average molecular weight is 354 g/mol. The number of nitrogens with one attached hydrogen (secondary N) is 1. The molecule has 0 aliphatic rings. The van der Waals surface area contributed by atoms with Crippen LogP contribution in [0.15, 0.2) is 39.5 Å². The minimum atomic E-state index is -0.0369. The number of amides is 1. The van der Waals surface area contributed by atoms with E-state index in [2.05, 4.69) is 21.2 Å². The lowest BCUT2D eigenvalue weighted by Gasteiger charge is -2.13. The molecule has 1 atom stereocenters. The number of hydrogen-bond acceptors (Lipinski definition) is 3. The van der Waals surface area contributed by atoms with Crippen LogP contribution in [-0.2, 0) is 6.42 Å². The van der Waals surface area contributed by atoms with Gasteiger partial charge in [-0.25, -0.2) is 0 Å². The Morgan fingerprint density at radius 1 is 1.40 bits per heavy atom. The highest BCUT2D eigenvalue weighted by atomic mass is 79.9. The smallest absolute Gasteiger partial charge is 0.252 e. The minimum absolute atomic E-state index is 0.0369. The van der Waals surface area contributed by atoms with Gasteiger partial charge < -0.3 is 10.4 Å². The van der Waals surface area contributed by atoms with Gasteiger partial charge >= 0.3 is 0 Å². The fourth-order valence-electron chi connectivity index (χ4n) is 1.85. The maximum atomic E-state index is 12.0. The lowest BCUT2D eigenvalue weighted by atomic mass is 10.1. The first-order valence-electron chi connectivity index (χ1n) is 6.37. The Bertz CT molecular complexity index is 580. The van der Waals surface area contributed by atoms with Gasteiger partial charge in [-0.15, -0.1) is 11.3 Å². The number of halogens is 1.